The van der Waals surface area contributed by atoms with Crippen molar-refractivity contribution in [3.63, 3.8) is 0 Å². The van der Waals surface area contributed by atoms with Crippen molar-refractivity contribution in [1.29, 1.82) is 5.26 Å². The number of hydrogen-bond donors (Lipinski definition) is 2. The molecule has 128 valence electrons. The molecule has 25 heavy (non-hydrogen) atoms. The van der Waals surface area contributed by atoms with Gasteiger partial charge in [0.25, 0.3) is 0 Å². The lowest BCUT2D eigenvalue weighted by atomic mass is 9.96. The minimum absolute atomic E-state index is 0.000135. The maximum atomic E-state index is 12.6. The predicted molar refractivity (Wildman–Crippen MR) is 87.6 cm³/mol. The highest BCUT2D eigenvalue weighted by Crippen LogP contribution is 2.31. The van der Waals surface area contributed by atoms with E-state index in [2.05, 4.69) is 15.6 Å². The van der Waals surface area contributed by atoms with E-state index in [0.29, 0.717) is 0 Å². The Kier molecular flexibility index (Phi) is 4.66. The number of fused-ring (bicyclic) bond motifs is 1. The van der Waals surface area contributed by atoms with Gasteiger partial charge in [0.05, 0.1) is 12.7 Å². The summed E-state index contributed by atoms with van der Waals surface area (Å²) in [6.07, 6.45) is 8.73. The molecular formula is C17H16N4O4. The zero-order chi connectivity index (χ0) is 17.8. The third kappa shape index (κ3) is 3.17. The molecular weight excluding hydrogens is 324 g/mol. The molecule has 3 heterocycles. The first-order chi connectivity index (χ1) is 12.2. The largest absolute Gasteiger partial charge is 0.462 e. The number of nitriles is 1. The average Bonchev–Trinajstić information content (AvgIpc) is 3.15. The van der Waals surface area contributed by atoms with E-state index in [1.165, 1.54) is 0 Å². The number of allylic oxidation sites excluding steroid dienone is 3. The quantitative estimate of drug-likeness (QED) is 0.323. The third-order valence-electron chi connectivity index (χ3n) is 3.79. The first kappa shape index (κ1) is 16.5. The first-order valence-electron chi connectivity index (χ1n) is 7.78. The zero-order valence-electron chi connectivity index (χ0n) is 13.5. The van der Waals surface area contributed by atoms with E-state index in [1.54, 1.807) is 25.4 Å². The van der Waals surface area contributed by atoms with Crippen molar-refractivity contribution in [3.8, 4) is 6.07 Å². The Bertz CT molecular complexity index is 798. The van der Waals surface area contributed by atoms with Crippen LogP contribution in [0.1, 0.15) is 6.92 Å². The predicted octanol–water partition coefficient (Wildman–Crippen LogP) is 0.427. The summed E-state index contributed by atoms with van der Waals surface area (Å²) in [6, 6.07) is 1.87. The number of ether oxygens (including phenoxy) is 2. The molecule has 8 heteroatoms. The summed E-state index contributed by atoms with van der Waals surface area (Å²) < 4.78 is 10.4. The van der Waals surface area contributed by atoms with Crippen LogP contribution in [-0.2, 0) is 19.1 Å². The zero-order valence-corrected chi connectivity index (χ0v) is 13.5. The minimum Gasteiger partial charge on any atom is -0.462 e. The van der Waals surface area contributed by atoms with Gasteiger partial charge in [-0.2, -0.15) is 5.26 Å². The Labute approximate surface area is 144 Å². The van der Waals surface area contributed by atoms with Crippen molar-refractivity contribution < 1.29 is 19.1 Å². The molecule has 8 nitrogen and oxygen atoms in total. The molecule has 0 saturated carbocycles. The number of Topliss-reactive ketones (excluding diaryl/α,β-unsaturated/α-hetero) is 1. The first-order valence-corrected chi connectivity index (χ1v) is 7.78. The van der Waals surface area contributed by atoms with Crippen LogP contribution in [0.2, 0.25) is 0 Å². The van der Waals surface area contributed by atoms with Crippen molar-refractivity contribution in [3.05, 3.63) is 47.2 Å². The van der Waals surface area contributed by atoms with Gasteiger partial charge in [-0.25, -0.2) is 4.79 Å². The molecule has 0 aromatic heterocycles. The molecule has 0 aliphatic carbocycles. The summed E-state index contributed by atoms with van der Waals surface area (Å²) in [7, 11) is 0. The van der Waals surface area contributed by atoms with E-state index >= 15 is 0 Å². The summed E-state index contributed by atoms with van der Waals surface area (Å²) in [5.41, 5.74) is 0.579. The number of nitrogens with zero attached hydrogens (tertiary/aromatic N) is 2. The molecule has 0 fully saturated rings. The summed E-state index contributed by atoms with van der Waals surface area (Å²) in [5.74, 6) is -1.44. The molecule has 0 saturated heterocycles. The van der Waals surface area contributed by atoms with Gasteiger partial charge in [0, 0.05) is 18.3 Å². The molecule has 2 N–H and O–H groups in total. The van der Waals surface area contributed by atoms with Gasteiger partial charge in [0.1, 0.15) is 12.7 Å². The standard InChI is InChI=1S/C17H16N4O4/c1-2-24-17(23)13-14(22)12(25-16(13)20-7-5-18)8-10-9-21-15-11(10)4-3-6-19-15/h3-4,6,8-9,11,15,20-21H,2,7H2,1H3/b12-8-. The number of nitrogens with one attached hydrogen (secondary N) is 2. The fraction of sp³-hybridized carbons (Fsp3) is 0.294. The lowest BCUT2D eigenvalue weighted by Gasteiger charge is -2.16. The van der Waals surface area contributed by atoms with Gasteiger partial charge in [0.15, 0.2) is 11.3 Å². The molecule has 2 unspecified atom stereocenters. The maximum absolute atomic E-state index is 12.6. The second kappa shape index (κ2) is 7.05. The fourth-order valence-corrected chi connectivity index (χ4v) is 2.68. The van der Waals surface area contributed by atoms with Crippen LogP contribution in [0.25, 0.3) is 0 Å². The molecule has 0 aromatic rings. The number of carbonyl (C=O) groups is 2. The topological polar surface area (TPSA) is 113 Å². The number of ketones is 1. The van der Waals surface area contributed by atoms with Crippen molar-refractivity contribution in [2.75, 3.05) is 13.2 Å². The number of dihydropyridines is 1. The van der Waals surface area contributed by atoms with Gasteiger partial charge in [-0.05, 0) is 24.6 Å². The van der Waals surface area contributed by atoms with E-state index < -0.39 is 11.8 Å². The van der Waals surface area contributed by atoms with Crippen LogP contribution >= 0.6 is 0 Å². The van der Waals surface area contributed by atoms with Crippen LogP contribution in [-0.4, -0.2) is 37.3 Å². The van der Waals surface area contributed by atoms with E-state index in [-0.39, 0.29) is 42.5 Å². The van der Waals surface area contributed by atoms with Crippen molar-refractivity contribution in [1.82, 2.24) is 10.6 Å². The van der Waals surface area contributed by atoms with Crippen LogP contribution in [0, 0.1) is 17.2 Å². The Morgan fingerprint density at radius 3 is 3.20 bits per heavy atom. The smallest absolute Gasteiger partial charge is 0.347 e. The SMILES string of the molecule is CCOC(=O)C1=C(NCC#N)O/C(=C\C2=CNC3N=CC=CC23)C1=O. The second-order valence-corrected chi connectivity index (χ2v) is 5.34. The van der Waals surface area contributed by atoms with Crippen LogP contribution in [0.5, 0.6) is 0 Å². The van der Waals surface area contributed by atoms with Crippen molar-refractivity contribution >= 4 is 18.0 Å². The highest BCUT2D eigenvalue weighted by Gasteiger charge is 2.38. The third-order valence-corrected chi connectivity index (χ3v) is 3.79. The van der Waals surface area contributed by atoms with Gasteiger partial charge < -0.3 is 20.1 Å². The van der Waals surface area contributed by atoms with E-state index in [9.17, 15) is 9.59 Å². The Morgan fingerprint density at radius 1 is 1.60 bits per heavy atom. The van der Waals surface area contributed by atoms with Crippen molar-refractivity contribution in [2.45, 2.75) is 13.1 Å². The number of aliphatic imine (C=N–C) groups is 1. The summed E-state index contributed by atoms with van der Waals surface area (Å²) in [4.78, 5) is 28.9. The number of rotatable bonds is 5. The van der Waals surface area contributed by atoms with E-state index in [1.807, 2.05) is 18.2 Å². The molecule has 3 aliphatic heterocycles. The Balaban J connectivity index is 1.84. The normalized spacial score (nSPS) is 25.2. The van der Waals surface area contributed by atoms with Gasteiger partial charge in [-0.1, -0.05) is 6.08 Å². The lowest BCUT2D eigenvalue weighted by Crippen LogP contribution is -2.25. The van der Waals surface area contributed by atoms with Gasteiger partial charge in [0.2, 0.25) is 11.7 Å². The number of esters is 1. The number of hydrogen-bond acceptors (Lipinski definition) is 8. The molecule has 0 bridgehead atoms. The average molecular weight is 340 g/mol. The Hall–Kier alpha value is -3.34. The van der Waals surface area contributed by atoms with Gasteiger partial charge in [-0.3, -0.25) is 9.79 Å². The fourth-order valence-electron chi connectivity index (χ4n) is 2.68. The van der Waals surface area contributed by atoms with Gasteiger partial charge in [-0.15, -0.1) is 0 Å². The van der Waals surface area contributed by atoms with Crippen LogP contribution in [0.4, 0.5) is 0 Å². The number of carbonyl (C=O) groups excluding carboxylic acids is 2. The minimum atomic E-state index is -0.782. The van der Waals surface area contributed by atoms with Crippen molar-refractivity contribution in [2.24, 2.45) is 10.9 Å². The second-order valence-electron chi connectivity index (χ2n) is 5.34. The monoisotopic (exact) mass is 340 g/mol. The summed E-state index contributed by atoms with van der Waals surface area (Å²) in [5, 5.41) is 14.4. The molecule has 2 atom stereocenters. The van der Waals surface area contributed by atoms with E-state index in [4.69, 9.17) is 14.7 Å². The van der Waals surface area contributed by atoms with Crippen LogP contribution in [0.3, 0.4) is 0 Å². The molecule has 0 amide bonds. The van der Waals surface area contributed by atoms with E-state index in [0.717, 1.165) is 5.57 Å². The molecule has 0 spiro atoms. The van der Waals surface area contributed by atoms with Crippen LogP contribution < -0.4 is 10.6 Å². The molecule has 3 rings (SSSR count). The molecule has 0 radical (unpaired) electrons. The highest BCUT2D eigenvalue weighted by molar-refractivity contribution is 6.25. The summed E-state index contributed by atoms with van der Waals surface area (Å²) >= 11 is 0. The maximum Gasteiger partial charge on any atom is 0.347 e. The van der Waals surface area contributed by atoms with Crippen LogP contribution in [0.15, 0.2) is 52.2 Å². The lowest BCUT2D eigenvalue weighted by molar-refractivity contribution is -0.139. The van der Waals surface area contributed by atoms with Gasteiger partial charge >= 0.3 is 5.97 Å². The highest BCUT2D eigenvalue weighted by atomic mass is 16.5. The molecule has 3 aliphatic rings. The molecule has 0 aromatic carbocycles. The summed E-state index contributed by atoms with van der Waals surface area (Å²) in [6.45, 7) is 1.66. The Morgan fingerprint density at radius 2 is 2.44 bits per heavy atom.